The van der Waals surface area contributed by atoms with Crippen LogP contribution in [0.4, 0.5) is 0 Å². The number of aromatic nitrogens is 6. The first-order valence-corrected chi connectivity index (χ1v) is 7.79. The number of nitrogens with zero attached hydrogens (tertiary/aromatic N) is 5. The summed E-state index contributed by atoms with van der Waals surface area (Å²) in [4.78, 5) is 12.8. The summed E-state index contributed by atoms with van der Waals surface area (Å²) in [6.45, 7) is 6.14. The standard InChI is InChI=1S/C14H16N6OS/c1-14(2,3)12-16-10(21-20-12)8-22-13-17-11(18-19-13)9-4-6-15-7-5-9/h4-7H,8H2,1-3H3,(H,17,18,19). The molecule has 0 saturated carbocycles. The van der Waals surface area contributed by atoms with Crippen molar-refractivity contribution in [1.82, 2.24) is 30.3 Å². The Kier molecular flexibility index (Phi) is 3.93. The Bertz CT molecular complexity index is 746. The van der Waals surface area contributed by atoms with Crippen molar-refractivity contribution in [3.8, 4) is 11.4 Å². The Balaban J connectivity index is 1.65. The van der Waals surface area contributed by atoms with Gasteiger partial charge in [0.15, 0.2) is 11.6 Å². The van der Waals surface area contributed by atoms with Gasteiger partial charge in [0.05, 0.1) is 5.75 Å². The molecule has 0 unspecified atom stereocenters. The topological polar surface area (TPSA) is 93.4 Å². The molecule has 0 aliphatic heterocycles. The average Bonchev–Trinajstić information content (AvgIpc) is 3.15. The zero-order valence-electron chi connectivity index (χ0n) is 12.6. The molecule has 0 fully saturated rings. The quantitative estimate of drug-likeness (QED) is 0.740. The lowest BCUT2D eigenvalue weighted by Crippen LogP contribution is -2.13. The highest BCUT2D eigenvalue weighted by Crippen LogP contribution is 2.23. The van der Waals surface area contributed by atoms with Crippen LogP contribution < -0.4 is 0 Å². The van der Waals surface area contributed by atoms with Crippen molar-refractivity contribution in [3.63, 3.8) is 0 Å². The number of hydrogen-bond donors (Lipinski definition) is 1. The van der Waals surface area contributed by atoms with Crippen LogP contribution in [-0.2, 0) is 11.2 Å². The normalized spacial score (nSPS) is 11.8. The third kappa shape index (κ3) is 3.33. The van der Waals surface area contributed by atoms with Crippen LogP contribution in [0.25, 0.3) is 11.4 Å². The fourth-order valence-corrected chi connectivity index (χ4v) is 2.33. The minimum absolute atomic E-state index is 0.120. The molecule has 1 N–H and O–H groups in total. The van der Waals surface area contributed by atoms with Gasteiger partial charge in [0.1, 0.15) is 0 Å². The number of H-pyrrole nitrogens is 1. The largest absolute Gasteiger partial charge is 0.338 e. The highest BCUT2D eigenvalue weighted by molar-refractivity contribution is 7.98. The summed E-state index contributed by atoms with van der Waals surface area (Å²) < 4.78 is 5.25. The van der Waals surface area contributed by atoms with E-state index in [1.54, 1.807) is 12.4 Å². The molecule has 0 atom stereocenters. The minimum atomic E-state index is -0.120. The fourth-order valence-electron chi connectivity index (χ4n) is 1.69. The van der Waals surface area contributed by atoms with Crippen molar-refractivity contribution in [3.05, 3.63) is 36.2 Å². The molecular formula is C14H16N6OS. The van der Waals surface area contributed by atoms with Gasteiger partial charge >= 0.3 is 0 Å². The fraction of sp³-hybridized carbons (Fsp3) is 0.357. The van der Waals surface area contributed by atoms with Crippen LogP contribution in [0.5, 0.6) is 0 Å². The third-order valence-electron chi connectivity index (χ3n) is 2.88. The third-order valence-corrected chi connectivity index (χ3v) is 3.71. The summed E-state index contributed by atoms with van der Waals surface area (Å²) in [5.41, 5.74) is 0.827. The van der Waals surface area contributed by atoms with Crippen LogP contribution in [0, 0.1) is 0 Å². The second-order valence-electron chi connectivity index (χ2n) is 5.75. The molecule has 7 nitrogen and oxygen atoms in total. The van der Waals surface area contributed by atoms with E-state index in [1.165, 1.54) is 11.8 Å². The molecule has 8 heteroatoms. The van der Waals surface area contributed by atoms with Crippen molar-refractivity contribution in [2.24, 2.45) is 0 Å². The molecule has 22 heavy (non-hydrogen) atoms. The highest BCUT2D eigenvalue weighted by Gasteiger charge is 2.21. The molecule has 0 bridgehead atoms. The van der Waals surface area contributed by atoms with Crippen molar-refractivity contribution in [2.75, 3.05) is 0 Å². The molecule has 3 rings (SSSR count). The van der Waals surface area contributed by atoms with Gasteiger partial charge < -0.3 is 4.52 Å². The summed E-state index contributed by atoms with van der Waals surface area (Å²) in [6, 6.07) is 3.76. The van der Waals surface area contributed by atoms with Crippen molar-refractivity contribution >= 4 is 11.8 Å². The Morgan fingerprint density at radius 1 is 1.18 bits per heavy atom. The molecule has 3 aromatic heterocycles. The Labute approximate surface area is 132 Å². The number of rotatable bonds is 4. The summed E-state index contributed by atoms with van der Waals surface area (Å²) in [7, 11) is 0. The van der Waals surface area contributed by atoms with Gasteiger partial charge in [-0.3, -0.25) is 10.1 Å². The summed E-state index contributed by atoms with van der Waals surface area (Å²) in [5.74, 6) is 2.53. The molecule has 3 heterocycles. The number of nitrogens with one attached hydrogen (secondary N) is 1. The zero-order valence-corrected chi connectivity index (χ0v) is 13.4. The molecule has 0 spiro atoms. The van der Waals surface area contributed by atoms with Crippen LogP contribution in [0.15, 0.2) is 34.2 Å². The molecule has 0 aliphatic carbocycles. The van der Waals surface area contributed by atoms with Gasteiger partial charge in [-0.25, -0.2) is 4.98 Å². The summed E-state index contributed by atoms with van der Waals surface area (Å²) in [5, 5.41) is 11.7. The number of thioether (sulfide) groups is 1. The molecule has 0 aliphatic rings. The van der Waals surface area contributed by atoms with Crippen LogP contribution in [0.1, 0.15) is 32.5 Å². The Morgan fingerprint density at radius 2 is 1.95 bits per heavy atom. The Hall–Kier alpha value is -2.22. The molecule has 114 valence electrons. The maximum absolute atomic E-state index is 5.25. The van der Waals surface area contributed by atoms with E-state index < -0.39 is 0 Å². The first kappa shape index (κ1) is 14.7. The van der Waals surface area contributed by atoms with E-state index in [2.05, 4.69) is 30.3 Å². The van der Waals surface area contributed by atoms with E-state index in [1.807, 2.05) is 32.9 Å². The second kappa shape index (κ2) is 5.88. The molecule has 0 aromatic carbocycles. The van der Waals surface area contributed by atoms with Gasteiger partial charge in [-0.2, -0.15) is 4.98 Å². The van der Waals surface area contributed by atoms with E-state index in [0.717, 1.165) is 5.56 Å². The van der Waals surface area contributed by atoms with Crippen molar-refractivity contribution in [2.45, 2.75) is 37.1 Å². The SMILES string of the molecule is CC(C)(C)c1noc(CSc2n[nH]c(-c3ccncc3)n2)n1. The van der Waals surface area contributed by atoms with E-state index in [0.29, 0.717) is 28.4 Å². The van der Waals surface area contributed by atoms with Crippen molar-refractivity contribution < 1.29 is 4.52 Å². The lowest BCUT2D eigenvalue weighted by Gasteiger charge is -2.10. The molecule has 3 aromatic rings. The number of pyridine rings is 1. The van der Waals surface area contributed by atoms with Gasteiger partial charge in [-0.05, 0) is 12.1 Å². The van der Waals surface area contributed by atoms with Crippen LogP contribution >= 0.6 is 11.8 Å². The van der Waals surface area contributed by atoms with Crippen LogP contribution in [0.2, 0.25) is 0 Å². The Morgan fingerprint density at radius 3 is 2.64 bits per heavy atom. The average molecular weight is 316 g/mol. The van der Waals surface area contributed by atoms with Gasteiger partial charge in [-0.15, -0.1) is 5.10 Å². The zero-order chi connectivity index (χ0) is 15.6. The second-order valence-corrected chi connectivity index (χ2v) is 6.70. The number of hydrogen-bond acceptors (Lipinski definition) is 7. The minimum Gasteiger partial charge on any atom is -0.338 e. The molecular weight excluding hydrogens is 300 g/mol. The van der Waals surface area contributed by atoms with E-state index >= 15 is 0 Å². The van der Waals surface area contributed by atoms with Gasteiger partial charge in [-0.1, -0.05) is 37.7 Å². The predicted molar refractivity (Wildman–Crippen MR) is 82.2 cm³/mol. The monoisotopic (exact) mass is 316 g/mol. The first-order chi connectivity index (χ1) is 10.5. The lowest BCUT2D eigenvalue weighted by atomic mass is 9.96. The predicted octanol–water partition coefficient (Wildman–Crippen LogP) is 2.84. The summed E-state index contributed by atoms with van der Waals surface area (Å²) in [6.07, 6.45) is 3.44. The van der Waals surface area contributed by atoms with Crippen LogP contribution in [0.3, 0.4) is 0 Å². The maximum atomic E-state index is 5.25. The highest BCUT2D eigenvalue weighted by atomic mass is 32.2. The molecule has 0 amide bonds. The maximum Gasteiger partial charge on any atom is 0.237 e. The van der Waals surface area contributed by atoms with E-state index in [9.17, 15) is 0 Å². The van der Waals surface area contributed by atoms with E-state index in [4.69, 9.17) is 4.52 Å². The van der Waals surface area contributed by atoms with Crippen LogP contribution in [-0.4, -0.2) is 30.3 Å². The van der Waals surface area contributed by atoms with Gasteiger partial charge in [0.2, 0.25) is 11.0 Å². The molecule has 0 saturated heterocycles. The van der Waals surface area contributed by atoms with Gasteiger partial charge in [0, 0.05) is 23.4 Å². The van der Waals surface area contributed by atoms with Gasteiger partial charge in [0.25, 0.3) is 0 Å². The van der Waals surface area contributed by atoms with E-state index in [-0.39, 0.29) is 5.41 Å². The summed E-state index contributed by atoms with van der Waals surface area (Å²) >= 11 is 1.45. The van der Waals surface area contributed by atoms with Crippen molar-refractivity contribution in [1.29, 1.82) is 0 Å². The molecule has 0 radical (unpaired) electrons. The lowest BCUT2D eigenvalue weighted by molar-refractivity contribution is 0.373. The first-order valence-electron chi connectivity index (χ1n) is 6.81. The number of aromatic amines is 1. The smallest absolute Gasteiger partial charge is 0.237 e.